The zero-order valence-corrected chi connectivity index (χ0v) is 10.7. The van der Waals surface area contributed by atoms with E-state index in [4.69, 9.17) is 0 Å². The fraction of sp³-hybridized carbons (Fsp3) is 0.750. The molecule has 18 heavy (non-hydrogen) atoms. The van der Waals surface area contributed by atoms with Crippen molar-refractivity contribution in [1.82, 2.24) is 20.3 Å². The average molecular weight is 252 g/mol. The third kappa shape index (κ3) is 3.53. The number of nitrogens with one attached hydrogen (secondary N) is 1. The molecule has 1 fully saturated rings. The largest absolute Gasteiger partial charge is 0.388 e. The second kappa shape index (κ2) is 5.48. The second-order valence-electron chi connectivity index (χ2n) is 5.28. The van der Waals surface area contributed by atoms with Gasteiger partial charge in [-0.3, -0.25) is 4.79 Å². The summed E-state index contributed by atoms with van der Waals surface area (Å²) in [6.07, 6.45) is 6.74. The van der Waals surface area contributed by atoms with Crippen LogP contribution < -0.4 is 5.32 Å². The molecule has 0 spiro atoms. The maximum Gasteiger partial charge on any atom is 0.241 e. The maximum absolute atomic E-state index is 11.6. The van der Waals surface area contributed by atoms with Crippen LogP contribution in [-0.4, -0.2) is 38.2 Å². The second-order valence-corrected chi connectivity index (χ2v) is 5.28. The topological polar surface area (TPSA) is 80.0 Å². The normalized spacial score (nSPS) is 28.0. The lowest BCUT2D eigenvalue weighted by Gasteiger charge is -2.34. The SMILES string of the molecule is CC1CCC(O)(CNC(=O)Cn2ccnn2)CC1. The van der Waals surface area contributed by atoms with Crippen LogP contribution in [-0.2, 0) is 11.3 Å². The van der Waals surface area contributed by atoms with Crippen LogP contribution >= 0.6 is 0 Å². The van der Waals surface area contributed by atoms with E-state index in [1.807, 2.05) is 0 Å². The van der Waals surface area contributed by atoms with E-state index < -0.39 is 5.60 Å². The Labute approximate surface area is 106 Å². The Kier molecular flexibility index (Phi) is 3.96. The van der Waals surface area contributed by atoms with E-state index in [9.17, 15) is 9.90 Å². The van der Waals surface area contributed by atoms with Crippen LogP contribution in [0.2, 0.25) is 0 Å². The van der Waals surface area contributed by atoms with Gasteiger partial charge in [-0.25, -0.2) is 4.68 Å². The lowest BCUT2D eigenvalue weighted by Crippen LogP contribution is -2.45. The van der Waals surface area contributed by atoms with E-state index in [-0.39, 0.29) is 12.5 Å². The van der Waals surface area contributed by atoms with Crippen LogP contribution in [0.4, 0.5) is 0 Å². The highest BCUT2D eigenvalue weighted by Gasteiger charge is 2.31. The standard InChI is InChI=1S/C12H20N4O2/c1-10-2-4-12(18,5-3-10)9-13-11(17)8-16-7-6-14-15-16/h6-7,10,18H,2-5,8-9H2,1H3,(H,13,17). The molecule has 1 aromatic rings. The highest BCUT2D eigenvalue weighted by Crippen LogP contribution is 2.31. The van der Waals surface area contributed by atoms with Crippen LogP contribution in [0.3, 0.4) is 0 Å². The van der Waals surface area contributed by atoms with Gasteiger partial charge in [0.25, 0.3) is 0 Å². The Morgan fingerprint density at radius 2 is 2.28 bits per heavy atom. The first-order chi connectivity index (χ1) is 8.57. The molecule has 1 saturated carbocycles. The Morgan fingerprint density at radius 3 is 2.89 bits per heavy atom. The van der Waals surface area contributed by atoms with Crippen molar-refractivity contribution in [2.75, 3.05) is 6.54 Å². The average Bonchev–Trinajstić information content (AvgIpc) is 2.84. The van der Waals surface area contributed by atoms with E-state index in [1.54, 1.807) is 6.20 Å². The van der Waals surface area contributed by atoms with E-state index in [0.29, 0.717) is 12.5 Å². The molecule has 0 unspecified atom stereocenters. The smallest absolute Gasteiger partial charge is 0.241 e. The zero-order chi connectivity index (χ0) is 13.0. The summed E-state index contributed by atoms with van der Waals surface area (Å²) in [5.74, 6) is 0.531. The highest BCUT2D eigenvalue weighted by atomic mass is 16.3. The van der Waals surface area contributed by atoms with Gasteiger partial charge in [0.05, 0.1) is 11.8 Å². The number of rotatable bonds is 4. The fourth-order valence-corrected chi connectivity index (χ4v) is 2.26. The fourth-order valence-electron chi connectivity index (χ4n) is 2.26. The summed E-state index contributed by atoms with van der Waals surface area (Å²) < 4.78 is 1.46. The first-order valence-electron chi connectivity index (χ1n) is 6.41. The predicted molar refractivity (Wildman–Crippen MR) is 65.6 cm³/mol. The molecule has 100 valence electrons. The molecule has 0 radical (unpaired) electrons. The van der Waals surface area contributed by atoms with Gasteiger partial charge in [-0.15, -0.1) is 5.10 Å². The number of aliphatic hydroxyl groups is 1. The van der Waals surface area contributed by atoms with Crippen molar-refractivity contribution in [3.8, 4) is 0 Å². The number of hydrogen-bond acceptors (Lipinski definition) is 4. The van der Waals surface area contributed by atoms with Gasteiger partial charge in [0.15, 0.2) is 0 Å². The summed E-state index contributed by atoms with van der Waals surface area (Å²) in [4.78, 5) is 11.6. The summed E-state index contributed by atoms with van der Waals surface area (Å²) in [6.45, 7) is 2.67. The third-order valence-electron chi connectivity index (χ3n) is 3.60. The minimum Gasteiger partial charge on any atom is -0.388 e. The van der Waals surface area contributed by atoms with Gasteiger partial charge >= 0.3 is 0 Å². The molecular weight excluding hydrogens is 232 g/mol. The molecule has 0 aromatic carbocycles. The van der Waals surface area contributed by atoms with E-state index >= 15 is 0 Å². The minimum absolute atomic E-state index is 0.145. The van der Waals surface area contributed by atoms with Crippen LogP contribution in [0.1, 0.15) is 32.6 Å². The first kappa shape index (κ1) is 13.0. The number of amides is 1. The first-order valence-corrected chi connectivity index (χ1v) is 6.41. The van der Waals surface area contributed by atoms with Crippen LogP contribution in [0.25, 0.3) is 0 Å². The number of hydrogen-bond donors (Lipinski definition) is 2. The lowest BCUT2D eigenvalue weighted by atomic mass is 9.79. The minimum atomic E-state index is -0.732. The van der Waals surface area contributed by atoms with Crippen LogP contribution in [0.15, 0.2) is 12.4 Å². The molecule has 0 atom stereocenters. The van der Waals surface area contributed by atoms with Crippen molar-refractivity contribution in [3.05, 3.63) is 12.4 Å². The molecule has 1 aromatic heterocycles. The number of carbonyl (C=O) groups is 1. The van der Waals surface area contributed by atoms with Crippen molar-refractivity contribution in [2.24, 2.45) is 5.92 Å². The maximum atomic E-state index is 11.6. The zero-order valence-electron chi connectivity index (χ0n) is 10.7. The van der Waals surface area contributed by atoms with Crippen molar-refractivity contribution >= 4 is 5.91 Å². The van der Waals surface area contributed by atoms with Crippen LogP contribution in [0, 0.1) is 5.92 Å². The summed E-state index contributed by atoms with van der Waals surface area (Å²) in [5.41, 5.74) is -0.732. The molecule has 6 heteroatoms. The summed E-state index contributed by atoms with van der Waals surface area (Å²) >= 11 is 0. The highest BCUT2D eigenvalue weighted by molar-refractivity contribution is 5.75. The molecule has 6 nitrogen and oxygen atoms in total. The Hall–Kier alpha value is -1.43. The van der Waals surface area contributed by atoms with E-state index in [1.165, 1.54) is 10.9 Å². The van der Waals surface area contributed by atoms with Crippen molar-refractivity contribution in [3.63, 3.8) is 0 Å². The Balaban J connectivity index is 1.75. The van der Waals surface area contributed by atoms with Crippen molar-refractivity contribution < 1.29 is 9.90 Å². The van der Waals surface area contributed by atoms with Gasteiger partial charge < -0.3 is 10.4 Å². The summed E-state index contributed by atoms with van der Waals surface area (Å²) in [5, 5.41) is 20.4. The Bertz CT molecular complexity index is 383. The van der Waals surface area contributed by atoms with Crippen molar-refractivity contribution in [1.29, 1.82) is 0 Å². The third-order valence-corrected chi connectivity index (χ3v) is 3.60. The molecule has 1 amide bonds. The number of aromatic nitrogens is 3. The monoisotopic (exact) mass is 252 g/mol. The van der Waals surface area contributed by atoms with Gasteiger partial charge in [-0.05, 0) is 31.6 Å². The number of carbonyl (C=O) groups excluding carboxylic acids is 1. The van der Waals surface area contributed by atoms with E-state index in [2.05, 4.69) is 22.6 Å². The molecule has 1 heterocycles. The van der Waals surface area contributed by atoms with Gasteiger partial charge in [0.1, 0.15) is 6.54 Å². The molecular formula is C12H20N4O2. The molecule has 1 aliphatic carbocycles. The van der Waals surface area contributed by atoms with Gasteiger partial charge in [0, 0.05) is 12.7 Å². The molecule has 1 aliphatic rings. The van der Waals surface area contributed by atoms with Gasteiger partial charge in [-0.2, -0.15) is 0 Å². The number of nitrogens with zero attached hydrogens (tertiary/aromatic N) is 3. The summed E-state index contributed by atoms with van der Waals surface area (Å²) in [6, 6.07) is 0. The van der Waals surface area contributed by atoms with Gasteiger partial charge in [-0.1, -0.05) is 12.1 Å². The van der Waals surface area contributed by atoms with Gasteiger partial charge in [0.2, 0.25) is 5.91 Å². The molecule has 0 saturated heterocycles. The lowest BCUT2D eigenvalue weighted by molar-refractivity contribution is -0.123. The predicted octanol–water partition coefficient (Wildman–Crippen LogP) is 0.335. The van der Waals surface area contributed by atoms with Crippen molar-refractivity contribution in [2.45, 2.75) is 44.8 Å². The molecule has 2 N–H and O–H groups in total. The molecule has 2 rings (SSSR count). The summed E-state index contributed by atoms with van der Waals surface area (Å²) in [7, 11) is 0. The van der Waals surface area contributed by atoms with E-state index in [0.717, 1.165) is 25.7 Å². The molecule has 0 bridgehead atoms. The Morgan fingerprint density at radius 1 is 1.56 bits per heavy atom. The molecule has 0 aliphatic heterocycles. The van der Waals surface area contributed by atoms with Crippen LogP contribution in [0.5, 0.6) is 0 Å². The quantitative estimate of drug-likeness (QED) is 0.809.